The number of carbonyl (C=O) groups is 1. The molecule has 24 heteroatoms. The molecule has 222 valence electrons. The summed E-state index contributed by atoms with van der Waals surface area (Å²) in [5.41, 5.74) is -2.79. The topological polar surface area (TPSA) is 263 Å². The van der Waals surface area contributed by atoms with E-state index < -0.39 is 60.1 Å². The number of aromatic amines is 1. The van der Waals surface area contributed by atoms with Crippen LogP contribution in [0.15, 0.2) is 61.2 Å². The smallest absolute Gasteiger partial charge is 0.744 e. The fraction of sp³-hybridized carbons (Fsp3) is 0.200. The number of benzene rings is 2. The van der Waals surface area contributed by atoms with Gasteiger partial charge in [0.15, 0.2) is 27.8 Å². The van der Waals surface area contributed by atoms with Crippen molar-refractivity contribution in [3.05, 3.63) is 52.4 Å². The molecular formula is C20H17N4Na3O14S3. The van der Waals surface area contributed by atoms with Gasteiger partial charge >= 0.3 is 88.7 Å². The molecule has 18 nitrogen and oxygen atoms in total. The summed E-state index contributed by atoms with van der Waals surface area (Å²) in [4.78, 5) is 23.7. The second kappa shape index (κ2) is 19.1. The largest absolute Gasteiger partial charge is 1.00 e. The minimum atomic E-state index is -4.77. The molecular weight excluding hydrogens is 685 g/mol. The number of sulfone groups is 1. The van der Waals surface area contributed by atoms with Crippen LogP contribution in [-0.4, -0.2) is 63.7 Å². The first-order valence-electron chi connectivity index (χ1n) is 10.6. The van der Waals surface area contributed by atoms with E-state index in [1.165, 1.54) is 7.11 Å². The van der Waals surface area contributed by atoms with Crippen molar-refractivity contribution in [2.24, 2.45) is 10.2 Å². The van der Waals surface area contributed by atoms with Crippen LogP contribution in [0.3, 0.4) is 0 Å². The van der Waals surface area contributed by atoms with Gasteiger partial charge in [0.1, 0.15) is 37.9 Å². The molecule has 1 aromatic heterocycles. The molecule has 0 fully saturated rings. The molecule has 1 N–H and O–H groups in total. The first-order chi connectivity index (χ1) is 19.3. The van der Waals surface area contributed by atoms with Crippen LogP contribution in [-0.2, 0) is 33.5 Å². The number of carboxylic acids is 1. The van der Waals surface area contributed by atoms with Crippen LogP contribution < -0.4 is 114 Å². The summed E-state index contributed by atoms with van der Waals surface area (Å²) in [7, 11) is -6.49. The summed E-state index contributed by atoms with van der Waals surface area (Å²) in [5.74, 6) is -2.80. The predicted molar refractivity (Wildman–Crippen MR) is 130 cm³/mol. The molecule has 1 heterocycles. The second-order valence-corrected chi connectivity index (χ2v) is 11.4. The van der Waals surface area contributed by atoms with E-state index in [0.717, 1.165) is 43.5 Å². The summed E-state index contributed by atoms with van der Waals surface area (Å²) in [6.45, 7) is -0.412. The number of carboxylic acid groups (broad SMARTS) is 1. The summed E-state index contributed by atoms with van der Waals surface area (Å²) in [5, 5.41) is 34.2. The van der Waals surface area contributed by atoms with Crippen molar-refractivity contribution in [1.29, 1.82) is 0 Å². The number of methoxy groups -OCH3 is 2. The Morgan fingerprint density at radius 3 is 2.14 bits per heavy atom. The Morgan fingerprint density at radius 1 is 1.00 bits per heavy atom. The Kier molecular flexibility index (Phi) is 18.7. The van der Waals surface area contributed by atoms with Gasteiger partial charge in [-0.15, -0.1) is 14.6 Å². The normalized spacial score (nSPS) is 11.3. The van der Waals surface area contributed by atoms with E-state index in [1.54, 1.807) is 0 Å². The number of nitrogens with zero attached hydrogens (tertiary/aromatic N) is 3. The molecule has 3 rings (SSSR count). The minimum absolute atomic E-state index is 0. The number of rotatable bonds is 14. The molecule has 0 aliphatic rings. The molecule has 0 spiro atoms. The maximum Gasteiger partial charge on any atom is 1.00 e. The van der Waals surface area contributed by atoms with Crippen LogP contribution in [0.5, 0.6) is 11.5 Å². The fourth-order valence-corrected chi connectivity index (χ4v) is 5.25. The number of azo groups is 1. The molecule has 0 bridgehead atoms. The van der Waals surface area contributed by atoms with E-state index in [9.17, 15) is 41.3 Å². The van der Waals surface area contributed by atoms with Gasteiger partial charge in [-0.05, 0) is 24.3 Å². The van der Waals surface area contributed by atoms with Gasteiger partial charge in [0.2, 0.25) is 0 Å². The number of carbonyl (C=O) groups excluding carboxylic acids is 1. The van der Waals surface area contributed by atoms with Crippen molar-refractivity contribution < 1.29 is 148 Å². The summed E-state index contributed by atoms with van der Waals surface area (Å²) in [6, 6.07) is 6.13. The van der Waals surface area contributed by atoms with Gasteiger partial charge in [0, 0.05) is 12.1 Å². The van der Waals surface area contributed by atoms with Gasteiger partial charge < -0.3 is 29.2 Å². The average molecular weight is 703 g/mol. The zero-order chi connectivity index (χ0) is 30.4. The monoisotopic (exact) mass is 702 g/mol. The van der Waals surface area contributed by atoms with E-state index in [2.05, 4.69) is 24.7 Å². The Balaban J connectivity index is 0.00000616. The number of H-pyrrole nitrogens is 1. The molecule has 3 aromatic rings. The van der Waals surface area contributed by atoms with Crippen LogP contribution in [0.1, 0.15) is 10.5 Å². The summed E-state index contributed by atoms with van der Waals surface area (Å²) in [6.07, 6.45) is 0. The third-order valence-corrected chi connectivity index (χ3v) is 7.97. The average Bonchev–Trinajstić information content (AvgIpc) is 3.26. The van der Waals surface area contributed by atoms with E-state index >= 15 is 0 Å². The van der Waals surface area contributed by atoms with Gasteiger partial charge in [-0.1, -0.05) is 0 Å². The quantitative estimate of drug-likeness (QED) is 0.0311. The van der Waals surface area contributed by atoms with E-state index in [0.29, 0.717) is 4.68 Å². The molecule has 44 heavy (non-hydrogen) atoms. The van der Waals surface area contributed by atoms with Gasteiger partial charge in [0.25, 0.3) is 5.56 Å². The Hall–Kier alpha value is -0.830. The van der Waals surface area contributed by atoms with Crippen molar-refractivity contribution in [3.63, 3.8) is 0 Å². The number of ether oxygens (including phenoxy) is 2. The minimum Gasteiger partial charge on any atom is -0.744 e. The molecule has 0 unspecified atom stereocenters. The zero-order valence-electron chi connectivity index (χ0n) is 23.7. The molecule has 0 aliphatic carbocycles. The van der Waals surface area contributed by atoms with Crippen LogP contribution in [0.2, 0.25) is 0 Å². The number of hydrogen-bond acceptors (Lipinski definition) is 17. The van der Waals surface area contributed by atoms with Crippen LogP contribution >= 0.6 is 12.3 Å². The van der Waals surface area contributed by atoms with Crippen molar-refractivity contribution in [2.45, 2.75) is 9.79 Å². The molecule has 0 atom stereocenters. The van der Waals surface area contributed by atoms with Crippen LogP contribution in [0, 0.1) is 0 Å². The maximum atomic E-state index is 13.0. The Labute approximate surface area is 320 Å². The first kappa shape index (κ1) is 43.2. The molecule has 0 aliphatic heterocycles. The Bertz CT molecular complexity index is 1730. The van der Waals surface area contributed by atoms with Crippen LogP contribution in [0.4, 0.5) is 11.4 Å². The third-order valence-electron chi connectivity index (χ3n) is 5.05. The van der Waals surface area contributed by atoms with E-state index in [4.69, 9.17) is 13.7 Å². The number of nitrogens with one attached hydrogen (secondary N) is 1. The van der Waals surface area contributed by atoms with Gasteiger partial charge in [0.05, 0.1) is 43.1 Å². The number of aromatic nitrogens is 2. The molecule has 0 amide bonds. The van der Waals surface area contributed by atoms with Crippen molar-refractivity contribution >= 4 is 49.6 Å². The molecule has 0 saturated heterocycles. The van der Waals surface area contributed by atoms with E-state index in [1.807, 2.05) is 0 Å². The molecule has 0 radical (unpaired) electrons. The van der Waals surface area contributed by atoms with E-state index in [-0.39, 0.29) is 129 Å². The Morgan fingerprint density at radius 2 is 1.61 bits per heavy atom. The van der Waals surface area contributed by atoms with Crippen molar-refractivity contribution in [2.75, 3.05) is 26.6 Å². The van der Waals surface area contributed by atoms with Gasteiger partial charge in [-0.2, -0.15) is 0 Å². The second-order valence-electron chi connectivity index (χ2n) is 7.43. The van der Waals surface area contributed by atoms with Crippen molar-refractivity contribution in [1.82, 2.24) is 9.78 Å². The fourth-order valence-electron chi connectivity index (χ4n) is 3.20. The number of hydrogen-bond donors (Lipinski definition) is 1. The summed E-state index contributed by atoms with van der Waals surface area (Å²) >= 11 is 0.124. The zero-order valence-corrected chi connectivity index (χ0v) is 32.1. The SMILES string of the molecule is COc1cc(S(=O)(=O)CCOSOO[O-])c(OC)cc1N=Nc1c(C(=O)[O-])[nH]n(-c2ccc(S(=O)(=O)[O-])cc2)c1=O.[Na+].[Na+].[Na+]. The molecule has 0 saturated carbocycles. The van der Waals surface area contributed by atoms with Gasteiger partial charge in [-0.3, -0.25) is 19.1 Å². The van der Waals surface area contributed by atoms with Gasteiger partial charge in [-0.25, -0.2) is 21.5 Å². The standard InChI is InChI=1S/C20H20N4O14S3.3Na/c1-34-14-10-16(40(29,30)8-7-36-39-38-37-28)15(35-2)9-13(14)21-22-17-18(20(26)27)23-24(19(17)25)11-3-5-12(6-4-11)41(31,32)33;;;/h3-6,9-10,23,28H,7-8H2,1-2H3,(H,26,27)(H,31,32,33);;;/q;3*+1/p-3. The third kappa shape index (κ3) is 10.9. The summed E-state index contributed by atoms with van der Waals surface area (Å²) < 4.78 is 78.6. The van der Waals surface area contributed by atoms with Crippen molar-refractivity contribution in [3.8, 4) is 17.2 Å². The van der Waals surface area contributed by atoms with Crippen LogP contribution in [0.25, 0.3) is 5.69 Å². The molecule has 2 aromatic carbocycles. The predicted octanol–water partition coefficient (Wildman–Crippen LogP) is -9.55. The maximum absolute atomic E-state index is 13.0. The first-order valence-corrected chi connectivity index (χ1v) is 14.3. The number of aromatic carboxylic acids is 1.